The van der Waals surface area contributed by atoms with Gasteiger partial charge in [0.2, 0.25) is 0 Å². The van der Waals surface area contributed by atoms with Crippen LogP contribution in [0.4, 0.5) is 0 Å². The first-order chi connectivity index (χ1) is 9.23. The van der Waals surface area contributed by atoms with Crippen LogP contribution in [0, 0.1) is 0 Å². The molecular formula is C17H29BrN2. The van der Waals surface area contributed by atoms with E-state index in [-0.39, 0.29) is 5.54 Å². The van der Waals surface area contributed by atoms with Crippen molar-refractivity contribution in [1.82, 2.24) is 10.2 Å². The number of benzene rings is 1. The van der Waals surface area contributed by atoms with Crippen LogP contribution in [0.5, 0.6) is 0 Å². The van der Waals surface area contributed by atoms with Gasteiger partial charge in [0.25, 0.3) is 0 Å². The van der Waals surface area contributed by atoms with Crippen LogP contribution in [0.1, 0.15) is 52.7 Å². The summed E-state index contributed by atoms with van der Waals surface area (Å²) in [5.41, 5.74) is 2.84. The van der Waals surface area contributed by atoms with Gasteiger partial charge in [0.05, 0.1) is 0 Å². The van der Waals surface area contributed by atoms with Crippen LogP contribution in [-0.2, 0) is 13.1 Å². The summed E-state index contributed by atoms with van der Waals surface area (Å²) in [6.45, 7) is 16.3. The Hall–Kier alpha value is -0.380. The van der Waals surface area contributed by atoms with E-state index < -0.39 is 0 Å². The predicted molar refractivity (Wildman–Crippen MR) is 92.0 cm³/mol. The maximum Gasteiger partial charge on any atom is 0.0247 e. The van der Waals surface area contributed by atoms with Crippen LogP contribution in [0.15, 0.2) is 22.7 Å². The largest absolute Gasteiger partial charge is 0.308 e. The first-order valence-corrected chi connectivity index (χ1v) is 8.28. The zero-order valence-corrected chi connectivity index (χ0v) is 15.3. The van der Waals surface area contributed by atoms with Crippen molar-refractivity contribution in [2.45, 2.75) is 66.2 Å². The Bertz CT molecular complexity index is 421. The smallest absolute Gasteiger partial charge is 0.0247 e. The minimum absolute atomic E-state index is 0.155. The zero-order chi connectivity index (χ0) is 15.3. The Morgan fingerprint density at radius 3 is 2.35 bits per heavy atom. The summed E-state index contributed by atoms with van der Waals surface area (Å²) < 4.78 is 1.21. The summed E-state index contributed by atoms with van der Waals surface area (Å²) in [6.07, 6.45) is 0. The molecule has 0 radical (unpaired) electrons. The molecular weight excluding hydrogens is 312 g/mol. The fourth-order valence-electron chi connectivity index (χ4n) is 2.07. The maximum atomic E-state index is 3.72. The number of rotatable bonds is 6. The van der Waals surface area contributed by atoms with E-state index in [1.54, 1.807) is 0 Å². The van der Waals surface area contributed by atoms with Crippen LogP contribution >= 0.6 is 15.9 Å². The number of hydrogen-bond donors (Lipinski definition) is 1. The van der Waals surface area contributed by atoms with E-state index in [1.807, 2.05) is 0 Å². The van der Waals surface area contributed by atoms with E-state index in [9.17, 15) is 0 Å². The molecule has 1 rings (SSSR count). The van der Waals surface area contributed by atoms with E-state index in [4.69, 9.17) is 0 Å². The third-order valence-electron chi connectivity index (χ3n) is 3.45. The standard InChI is InChI=1S/C17H29BrN2/c1-7-20(13(2)3)12-15-9-8-14(10-16(15)18)11-19-17(4,5)6/h8-10,13,19H,7,11-12H2,1-6H3. The second-order valence-corrected chi connectivity index (χ2v) is 7.54. The molecule has 1 N–H and O–H groups in total. The van der Waals surface area contributed by atoms with Crippen molar-refractivity contribution in [3.63, 3.8) is 0 Å². The van der Waals surface area contributed by atoms with Crippen LogP contribution in [0.2, 0.25) is 0 Å². The molecule has 20 heavy (non-hydrogen) atoms. The monoisotopic (exact) mass is 340 g/mol. The van der Waals surface area contributed by atoms with Gasteiger partial charge < -0.3 is 5.32 Å². The minimum Gasteiger partial charge on any atom is -0.308 e. The first kappa shape index (κ1) is 17.7. The highest BCUT2D eigenvalue weighted by atomic mass is 79.9. The Labute approximate surface area is 133 Å². The Morgan fingerprint density at radius 1 is 1.25 bits per heavy atom. The summed E-state index contributed by atoms with van der Waals surface area (Å²) in [5, 5.41) is 3.52. The highest BCUT2D eigenvalue weighted by Crippen LogP contribution is 2.21. The number of nitrogens with zero attached hydrogens (tertiary/aromatic N) is 1. The van der Waals surface area contributed by atoms with Crippen LogP contribution < -0.4 is 5.32 Å². The Kier molecular flexibility index (Phi) is 6.70. The molecule has 114 valence electrons. The summed E-state index contributed by atoms with van der Waals surface area (Å²) in [7, 11) is 0. The molecule has 0 spiro atoms. The second-order valence-electron chi connectivity index (χ2n) is 6.69. The molecule has 1 aromatic carbocycles. The molecule has 3 heteroatoms. The normalized spacial score (nSPS) is 12.4. The summed E-state index contributed by atoms with van der Waals surface area (Å²) in [4.78, 5) is 2.47. The van der Waals surface area contributed by atoms with Gasteiger partial charge in [0.1, 0.15) is 0 Å². The Morgan fingerprint density at radius 2 is 1.90 bits per heavy atom. The van der Waals surface area contributed by atoms with Crippen molar-refractivity contribution in [1.29, 1.82) is 0 Å². The van der Waals surface area contributed by atoms with Gasteiger partial charge in [-0.05, 0) is 58.4 Å². The topological polar surface area (TPSA) is 15.3 Å². The molecule has 0 heterocycles. The SMILES string of the molecule is CCN(Cc1ccc(CNC(C)(C)C)cc1Br)C(C)C. The minimum atomic E-state index is 0.155. The van der Waals surface area contributed by atoms with Gasteiger partial charge in [0.15, 0.2) is 0 Å². The van der Waals surface area contributed by atoms with E-state index in [0.29, 0.717) is 6.04 Å². The molecule has 0 aliphatic rings. The Balaban J connectivity index is 2.73. The van der Waals surface area contributed by atoms with E-state index in [1.165, 1.54) is 15.6 Å². The lowest BCUT2D eigenvalue weighted by Gasteiger charge is -2.25. The van der Waals surface area contributed by atoms with Crippen molar-refractivity contribution < 1.29 is 0 Å². The number of nitrogens with one attached hydrogen (secondary N) is 1. The van der Waals surface area contributed by atoms with E-state index in [0.717, 1.165) is 19.6 Å². The van der Waals surface area contributed by atoms with E-state index in [2.05, 4.69) is 85.9 Å². The van der Waals surface area contributed by atoms with Crippen molar-refractivity contribution >= 4 is 15.9 Å². The van der Waals surface area contributed by atoms with Gasteiger partial charge in [-0.25, -0.2) is 0 Å². The molecule has 0 unspecified atom stereocenters. The molecule has 0 bridgehead atoms. The molecule has 0 saturated carbocycles. The van der Waals surface area contributed by atoms with Gasteiger partial charge in [-0.3, -0.25) is 4.90 Å². The van der Waals surface area contributed by atoms with Gasteiger partial charge in [-0.2, -0.15) is 0 Å². The highest BCUT2D eigenvalue weighted by Gasteiger charge is 2.12. The zero-order valence-electron chi connectivity index (χ0n) is 13.8. The summed E-state index contributed by atoms with van der Waals surface area (Å²) in [6, 6.07) is 7.29. The third kappa shape index (κ3) is 5.94. The summed E-state index contributed by atoms with van der Waals surface area (Å²) in [5.74, 6) is 0. The van der Waals surface area contributed by atoms with Crippen molar-refractivity contribution in [2.24, 2.45) is 0 Å². The average Bonchev–Trinajstić information content (AvgIpc) is 2.34. The van der Waals surface area contributed by atoms with Gasteiger partial charge in [0, 0.05) is 29.1 Å². The highest BCUT2D eigenvalue weighted by molar-refractivity contribution is 9.10. The van der Waals surface area contributed by atoms with Crippen molar-refractivity contribution in [3.8, 4) is 0 Å². The lowest BCUT2D eigenvalue weighted by molar-refractivity contribution is 0.224. The molecule has 2 nitrogen and oxygen atoms in total. The molecule has 0 atom stereocenters. The van der Waals surface area contributed by atoms with Crippen LogP contribution in [0.3, 0.4) is 0 Å². The molecule has 1 aromatic rings. The van der Waals surface area contributed by atoms with Crippen LogP contribution in [0.25, 0.3) is 0 Å². The average molecular weight is 341 g/mol. The molecule has 0 saturated heterocycles. The molecule has 0 fully saturated rings. The molecule has 0 amide bonds. The van der Waals surface area contributed by atoms with Crippen LogP contribution in [-0.4, -0.2) is 23.0 Å². The van der Waals surface area contributed by atoms with Gasteiger partial charge >= 0.3 is 0 Å². The lowest BCUT2D eigenvalue weighted by Crippen LogP contribution is -2.35. The molecule has 0 aliphatic carbocycles. The number of halogens is 1. The third-order valence-corrected chi connectivity index (χ3v) is 4.19. The van der Waals surface area contributed by atoms with Crippen molar-refractivity contribution in [3.05, 3.63) is 33.8 Å². The second kappa shape index (κ2) is 7.58. The predicted octanol–water partition coefficient (Wildman–Crippen LogP) is 4.57. The maximum absolute atomic E-state index is 3.72. The lowest BCUT2D eigenvalue weighted by atomic mass is 10.1. The quantitative estimate of drug-likeness (QED) is 0.815. The number of hydrogen-bond acceptors (Lipinski definition) is 2. The van der Waals surface area contributed by atoms with Gasteiger partial charge in [-0.1, -0.05) is 35.0 Å². The fourth-order valence-corrected chi connectivity index (χ4v) is 2.63. The first-order valence-electron chi connectivity index (χ1n) is 7.49. The molecule has 0 aromatic heterocycles. The summed E-state index contributed by atoms with van der Waals surface area (Å²) >= 11 is 3.72. The van der Waals surface area contributed by atoms with E-state index >= 15 is 0 Å². The molecule has 0 aliphatic heterocycles. The van der Waals surface area contributed by atoms with Gasteiger partial charge in [-0.15, -0.1) is 0 Å². The fraction of sp³-hybridized carbons (Fsp3) is 0.647. The van der Waals surface area contributed by atoms with Crippen molar-refractivity contribution in [2.75, 3.05) is 6.54 Å².